The highest BCUT2D eigenvalue weighted by molar-refractivity contribution is 7.12. The van der Waals surface area contributed by atoms with Crippen LogP contribution in [0.1, 0.15) is 35.2 Å². The van der Waals surface area contributed by atoms with Crippen LogP contribution in [0.2, 0.25) is 0 Å². The van der Waals surface area contributed by atoms with Gasteiger partial charge in [-0.05, 0) is 18.4 Å². The highest BCUT2D eigenvalue weighted by Gasteiger charge is 2.10. The Balaban J connectivity index is 2.43. The van der Waals surface area contributed by atoms with E-state index in [2.05, 4.69) is 37.0 Å². The van der Waals surface area contributed by atoms with E-state index in [-0.39, 0.29) is 0 Å². The van der Waals surface area contributed by atoms with Gasteiger partial charge in [-0.2, -0.15) is 5.26 Å². The normalized spacial score (nSPS) is 10.5. The molecule has 0 saturated carbocycles. The molecule has 1 heterocycles. The van der Waals surface area contributed by atoms with Crippen LogP contribution in [0.4, 0.5) is 0 Å². The van der Waals surface area contributed by atoms with Crippen molar-refractivity contribution in [2.24, 2.45) is 0 Å². The smallest absolute Gasteiger partial charge is 0.132 e. The zero-order chi connectivity index (χ0) is 12.4. The predicted molar refractivity (Wildman–Crippen MR) is 71.1 cm³/mol. The minimum absolute atomic E-state index is 0.525. The number of hydrogen-bond donors (Lipinski definition) is 0. The quantitative estimate of drug-likeness (QED) is 0.794. The summed E-state index contributed by atoms with van der Waals surface area (Å²) in [5.41, 5.74) is 3.14. The Hall–Kier alpha value is -1.66. The second-order valence-electron chi connectivity index (χ2n) is 4.30. The van der Waals surface area contributed by atoms with E-state index in [1.54, 1.807) is 0 Å². The minimum Gasteiger partial charge on any atom is -0.240 e. The molecule has 0 fully saturated rings. The molecule has 0 spiro atoms. The first-order chi connectivity index (χ1) is 8.11. The molecule has 0 aliphatic rings. The highest BCUT2D eigenvalue weighted by Crippen LogP contribution is 2.28. The molecular formula is C14H14N2S. The molecule has 17 heavy (non-hydrogen) atoms. The van der Waals surface area contributed by atoms with Gasteiger partial charge in [-0.25, -0.2) is 4.98 Å². The van der Waals surface area contributed by atoms with Crippen LogP contribution in [0.3, 0.4) is 0 Å². The van der Waals surface area contributed by atoms with Gasteiger partial charge >= 0.3 is 0 Å². The fourth-order valence-electron chi connectivity index (χ4n) is 1.72. The average molecular weight is 242 g/mol. The lowest BCUT2D eigenvalue weighted by atomic mass is 10.0. The molecule has 2 aromatic rings. The maximum Gasteiger partial charge on any atom is 0.132 e. The van der Waals surface area contributed by atoms with Gasteiger partial charge in [0.25, 0.3) is 0 Å². The lowest BCUT2D eigenvalue weighted by Gasteiger charge is -2.05. The standard InChI is InChI=1S/C14H14N2S/c1-9(2)11-4-6-12(7-5-11)14-13(8-15)17-10(3)16-14/h4-7,9H,1-3H3. The van der Waals surface area contributed by atoms with Gasteiger partial charge in [0, 0.05) is 5.56 Å². The van der Waals surface area contributed by atoms with Crippen LogP contribution in [0.15, 0.2) is 24.3 Å². The summed E-state index contributed by atoms with van der Waals surface area (Å²) in [6.07, 6.45) is 0. The monoisotopic (exact) mass is 242 g/mol. The number of nitriles is 1. The van der Waals surface area contributed by atoms with Crippen molar-refractivity contribution in [3.63, 3.8) is 0 Å². The fraction of sp³-hybridized carbons (Fsp3) is 0.286. The molecule has 86 valence electrons. The van der Waals surface area contributed by atoms with E-state index in [0.29, 0.717) is 10.8 Å². The summed E-state index contributed by atoms with van der Waals surface area (Å²) in [5.74, 6) is 0.525. The van der Waals surface area contributed by atoms with Crippen molar-refractivity contribution < 1.29 is 0 Å². The van der Waals surface area contributed by atoms with Crippen molar-refractivity contribution in [3.05, 3.63) is 39.7 Å². The minimum atomic E-state index is 0.525. The van der Waals surface area contributed by atoms with Gasteiger partial charge in [0.1, 0.15) is 10.9 Å². The van der Waals surface area contributed by atoms with E-state index in [4.69, 9.17) is 5.26 Å². The highest BCUT2D eigenvalue weighted by atomic mass is 32.1. The Labute approximate surface area is 106 Å². The number of aromatic nitrogens is 1. The van der Waals surface area contributed by atoms with Crippen LogP contribution in [0, 0.1) is 18.3 Å². The van der Waals surface area contributed by atoms with Crippen LogP contribution in [-0.4, -0.2) is 4.98 Å². The van der Waals surface area contributed by atoms with Gasteiger partial charge in [-0.3, -0.25) is 0 Å². The molecule has 3 heteroatoms. The first-order valence-electron chi connectivity index (χ1n) is 5.59. The number of benzene rings is 1. The molecule has 1 aromatic carbocycles. The second-order valence-corrected chi connectivity index (χ2v) is 5.50. The predicted octanol–water partition coefficient (Wildman–Crippen LogP) is 4.11. The van der Waals surface area contributed by atoms with Gasteiger partial charge in [0.15, 0.2) is 0 Å². The molecule has 0 radical (unpaired) electrons. The van der Waals surface area contributed by atoms with Gasteiger partial charge in [0.2, 0.25) is 0 Å². The zero-order valence-electron chi connectivity index (χ0n) is 10.2. The van der Waals surface area contributed by atoms with Crippen molar-refractivity contribution in [3.8, 4) is 17.3 Å². The van der Waals surface area contributed by atoms with Crippen LogP contribution in [0.25, 0.3) is 11.3 Å². The molecule has 0 atom stereocenters. The maximum absolute atomic E-state index is 9.06. The molecule has 2 nitrogen and oxygen atoms in total. The van der Waals surface area contributed by atoms with Gasteiger partial charge in [-0.1, -0.05) is 38.1 Å². The third-order valence-corrected chi connectivity index (χ3v) is 3.56. The first kappa shape index (κ1) is 11.8. The molecule has 0 saturated heterocycles. The lowest BCUT2D eigenvalue weighted by molar-refractivity contribution is 0.867. The molecule has 0 bridgehead atoms. The van der Waals surface area contributed by atoms with E-state index in [9.17, 15) is 0 Å². The maximum atomic E-state index is 9.06. The Bertz CT molecular complexity index is 559. The largest absolute Gasteiger partial charge is 0.240 e. The van der Waals surface area contributed by atoms with E-state index in [1.807, 2.05) is 19.1 Å². The van der Waals surface area contributed by atoms with E-state index >= 15 is 0 Å². The van der Waals surface area contributed by atoms with Crippen molar-refractivity contribution in [1.29, 1.82) is 5.26 Å². The molecular weight excluding hydrogens is 228 g/mol. The van der Waals surface area contributed by atoms with Crippen LogP contribution in [0.5, 0.6) is 0 Å². The van der Waals surface area contributed by atoms with Crippen molar-refractivity contribution in [1.82, 2.24) is 4.98 Å². The number of thiazole rings is 1. The molecule has 0 aliphatic heterocycles. The SMILES string of the molecule is Cc1nc(-c2ccc(C(C)C)cc2)c(C#N)s1. The van der Waals surface area contributed by atoms with Crippen LogP contribution in [-0.2, 0) is 0 Å². The Morgan fingerprint density at radius 1 is 1.24 bits per heavy atom. The summed E-state index contributed by atoms with van der Waals surface area (Å²) in [6.45, 7) is 6.27. The number of rotatable bonds is 2. The third kappa shape index (κ3) is 2.37. The summed E-state index contributed by atoms with van der Waals surface area (Å²) < 4.78 is 0. The van der Waals surface area contributed by atoms with Gasteiger partial charge < -0.3 is 0 Å². The van der Waals surface area contributed by atoms with Gasteiger partial charge in [0.05, 0.1) is 10.7 Å². The Kier molecular flexibility index (Phi) is 3.26. The first-order valence-corrected chi connectivity index (χ1v) is 6.41. The molecule has 2 rings (SSSR count). The molecule has 0 aliphatic carbocycles. The molecule has 0 unspecified atom stereocenters. The third-order valence-electron chi connectivity index (χ3n) is 2.69. The average Bonchev–Trinajstić information content (AvgIpc) is 2.70. The van der Waals surface area contributed by atoms with Crippen molar-refractivity contribution in [2.75, 3.05) is 0 Å². The second kappa shape index (κ2) is 4.68. The summed E-state index contributed by atoms with van der Waals surface area (Å²) in [4.78, 5) is 5.12. The van der Waals surface area contributed by atoms with E-state index in [0.717, 1.165) is 16.3 Å². The molecule has 0 N–H and O–H groups in total. The lowest BCUT2D eigenvalue weighted by Crippen LogP contribution is -1.87. The molecule has 1 aromatic heterocycles. The number of aryl methyl sites for hydroxylation is 1. The zero-order valence-corrected chi connectivity index (χ0v) is 11.0. The fourth-order valence-corrected chi connectivity index (χ4v) is 2.46. The van der Waals surface area contributed by atoms with Crippen LogP contribution >= 0.6 is 11.3 Å². The van der Waals surface area contributed by atoms with Crippen LogP contribution < -0.4 is 0 Å². The number of nitrogens with zero attached hydrogens (tertiary/aromatic N) is 2. The number of hydrogen-bond acceptors (Lipinski definition) is 3. The Morgan fingerprint density at radius 3 is 2.41 bits per heavy atom. The Morgan fingerprint density at radius 2 is 1.88 bits per heavy atom. The summed E-state index contributed by atoms with van der Waals surface area (Å²) in [6, 6.07) is 10.5. The summed E-state index contributed by atoms with van der Waals surface area (Å²) in [5, 5.41) is 9.99. The van der Waals surface area contributed by atoms with Gasteiger partial charge in [-0.15, -0.1) is 11.3 Å². The topological polar surface area (TPSA) is 36.7 Å². The van der Waals surface area contributed by atoms with Crippen molar-refractivity contribution >= 4 is 11.3 Å². The summed E-state index contributed by atoms with van der Waals surface area (Å²) >= 11 is 1.45. The summed E-state index contributed by atoms with van der Waals surface area (Å²) in [7, 11) is 0. The van der Waals surface area contributed by atoms with E-state index in [1.165, 1.54) is 16.9 Å². The van der Waals surface area contributed by atoms with E-state index < -0.39 is 0 Å². The molecule has 0 amide bonds. The van der Waals surface area contributed by atoms with Crippen molar-refractivity contribution in [2.45, 2.75) is 26.7 Å².